The molecule has 1 aliphatic heterocycles. The van der Waals surface area contributed by atoms with E-state index in [1.807, 2.05) is 0 Å². The van der Waals surface area contributed by atoms with Gasteiger partial charge in [-0.3, -0.25) is 4.99 Å². The van der Waals surface area contributed by atoms with Crippen molar-refractivity contribution in [3.63, 3.8) is 0 Å². The molecular weight excluding hydrogens is 338 g/mol. The van der Waals surface area contributed by atoms with E-state index in [-0.39, 0.29) is 5.38 Å². The molecule has 1 nitrogen and oxygen atoms in total. The van der Waals surface area contributed by atoms with Gasteiger partial charge < -0.3 is 0 Å². The van der Waals surface area contributed by atoms with E-state index in [2.05, 4.69) is 46.6 Å². The van der Waals surface area contributed by atoms with E-state index in [0.29, 0.717) is 0 Å². The van der Waals surface area contributed by atoms with Gasteiger partial charge in [-0.25, -0.2) is 0 Å². The van der Waals surface area contributed by atoms with Crippen LogP contribution in [0.3, 0.4) is 0 Å². The van der Waals surface area contributed by atoms with Crippen LogP contribution in [-0.2, 0) is 0 Å². The molecule has 1 heterocycles. The lowest BCUT2D eigenvalue weighted by Gasteiger charge is -2.22. The minimum Gasteiger partial charge on any atom is -0.261 e. The van der Waals surface area contributed by atoms with Crippen molar-refractivity contribution in [2.75, 3.05) is 0 Å². The molecule has 144 valence electrons. The van der Waals surface area contributed by atoms with Crippen molar-refractivity contribution in [1.29, 1.82) is 0 Å². The molecular formula is C24H36ClN. The summed E-state index contributed by atoms with van der Waals surface area (Å²) in [5, 5.41) is 0.158. The van der Waals surface area contributed by atoms with E-state index in [4.69, 9.17) is 16.6 Å². The van der Waals surface area contributed by atoms with Crippen LogP contribution in [0.25, 0.3) is 0 Å². The zero-order valence-corrected chi connectivity index (χ0v) is 18.0. The number of allylic oxidation sites excluding steroid dienone is 5. The summed E-state index contributed by atoms with van der Waals surface area (Å²) in [6.07, 6.45) is 14.3. The molecule has 2 aliphatic rings. The predicted molar refractivity (Wildman–Crippen MR) is 117 cm³/mol. The first kappa shape index (κ1) is 21.2. The molecule has 0 bridgehead atoms. The maximum Gasteiger partial charge on any atom is 0.0695 e. The Labute approximate surface area is 166 Å². The first-order valence-electron chi connectivity index (χ1n) is 10.4. The smallest absolute Gasteiger partial charge is 0.0695 e. The zero-order chi connectivity index (χ0) is 19.1. The minimum atomic E-state index is 0.158. The van der Waals surface area contributed by atoms with E-state index in [9.17, 15) is 0 Å². The van der Waals surface area contributed by atoms with E-state index in [1.165, 1.54) is 40.8 Å². The SMILES string of the molecule is C=CC1=C(CC(C)Cl)CCC2=C(N=CCC2)/C1=C(/CCC)CCC(C)C. The Morgan fingerprint density at radius 3 is 2.62 bits per heavy atom. The van der Waals surface area contributed by atoms with Crippen molar-refractivity contribution in [3.8, 4) is 0 Å². The highest BCUT2D eigenvalue weighted by Gasteiger charge is 2.25. The molecule has 2 heteroatoms. The van der Waals surface area contributed by atoms with Gasteiger partial charge in [0.1, 0.15) is 0 Å². The Morgan fingerprint density at radius 2 is 2.00 bits per heavy atom. The highest BCUT2D eigenvalue weighted by Crippen LogP contribution is 2.42. The van der Waals surface area contributed by atoms with Crippen molar-refractivity contribution >= 4 is 17.8 Å². The van der Waals surface area contributed by atoms with Crippen LogP contribution in [-0.4, -0.2) is 11.6 Å². The van der Waals surface area contributed by atoms with E-state index in [0.717, 1.165) is 50.9 Å². The predicted octanol–water partition coefficient (Wildman–Crippen LogP) is 7.93. The summed E-state index contributed by atoms with van der Waals surface area (Å²) in [5.41, 5.74) is 8.57. The Morgan fingerprint density at radius 1 is 1.23 bits per heavy atom. The largest absolute Gasteiger partial charge is 0.261 e. The van der Waals surface area contributed by atoms with Gasteiger partial charge in [-0.1, -0.05) is 51.0 Å². The van der Waals surface area contributed by atoms with Gasteiger partial charge in [0, 0.05) is 17.2 Å². The van der Waals surface area contributed by atoms with Gasteiger partial charge in [0.05, 0.1) is 5.70 Å². The minimum absolute atomic E-state index is 0.158. The molecule has 26 heavy (non-hydrogen) atoms. The number of aliphatic imine (C=N–C) groups is 1. The number of alkyl halides is 1. The molecule has 2 rings (SSSR count). The van der Waals surface area contributed by atoms with Crippen molar-refractivity contribution in [2.45, 2.75) is 90.9 Å². The third-order valence-corrected chi connectivity index (χ3v) is 5.56. The highest BCUT2D eigenvalue weighted by molar-refractivity contribution is 6.20. The fourth-order valence-corrected chi connectivity index (χ4v) is 4.31. The standard InChI is InChI=1S/C24H36ClN/c1-6-9-19(12-11-17(3)4)23-22(7-2)21(16-18(5)25)14-13-20-10-8-15-26-24(20)23/h7,15,17-18H,2,6,8-14,16H2,1,3-5H3/b23-19-. The summed E-state index contributed by atoms with van der Waals surface area (Å²) in [5.74, 6) is 0.718. The van der Waals surface area contributed by atoms with Crippen LogP contribution in [0.4, 0.5) is 0 Å². The van der Waals surface area contributed by atoms with Crippen molar-refractivity contribution < 1.29 is 0 Å². The molecule has 1 unspecified atom stereocenters. The normalized spacial score (nSPS) is 21.0. The average molecular weight is 374 g/mol. The van der Waals surface area contributed by atoms with Crippen LogP contribution in [0.5, 0.6) is 0 Å². The molecule has 1 aliphatic carbocycles. The third-order valence-electron chi connectivity index (χ3n) is 5.41. The second-order valence-electron chi connectivity index (χ2n) is 8.17. The average Bonchev–Trinajstić information content (AvgIpc) is 2.75. The van der Waals surface area contributed by atoms with Gasteiger partial charge >= 0.3 is 0 Å². The van der Waals surface area contributed by atoms with Crippen LogP contribution in [0, 0.1) is 5.92 Å². The third kappa shape index (κ3) is 5.46. The van der Waals surface area contributed by atoms with Gasteiger partial charge in [0.15, 0.2) is 0 Å². The number of hydrogen-bond acceptors (Lipinski definition) is 1. The summed E-state index contributed by atoms with van der Waals surface area (Å²) in [7, 11) is 0. The Bertz CT molecular complexity index is 629. The van der Waals surface area contributed by atoms with Crippen molar-refractivity contribution in [3.05, 3.63) is 46.2 Å². The molecule has 0 saturated carbocycles. The lowest BCUT2D eigenvalue weighted by atomic mass is 9.86. The maximum atomic E-state index is 6.40. The molecule has 1 atom stereocenters. The van der Waals surface area contributed by atoms with Crippen LogP contribution >= 0.6 is 11.6 Å². The van der Waals surface area contributed by atoms with Gasteiger partial charge in [-0.2, -0.15) is 0 Å². The molecule has 0 spiro atoms. The Kier molecular flexibility index (Phi) is 8.41. The molecule has 0 radical (unpaired) electrons. The number of hydrogen-bond donors (Lipinski definition) is 0. The number of nitrogens with zero attached hydrogens (tertiary/aromatic N) is 1. The monoisotopic (exact) mass is 373 g/mol. The van der Waals surface area contributed by atoms with Gasteiger partial charge in [-0.05, 0) is 75.4 Å². The second kappa shape index (κ2) is 10.3. The van der Waals surface area contributed by atoms with E-state index in [1.54, 1.807) is 5.57 Å². The van der Waals surface area contributed by atoms with E-state index >= 15 is 0 Å². The van der Waals surface area contributed by atoms with Crippen molar-refractivity contribution in [2.24, 2.45) is 10.9 Å². The zero-order valence-electron chi connectivity index (χ0n) is 17.2. The number of halogens is 1. The van der Waals surface area contributed by atoms with Gasteiger partial charge in [-0.15, -0.1) is 11.6 Å². The second-order valence-corrected chi connectivity index (χ2v) is 8.91. The fraction of sp³-hybridized carbons (Fsp3) is 0.625. The van der Waals surface area contributed by atoms with Crippen LogP contribution in [0.15, 0.2) is 51.2 Å². The lowest BCUT2D eigenvalue weighted by molar-refractivity contribution is 0.574. The first-order chi connectivity index (χ1) is 12.5. The summed E-state index contributed by atoms with van der Waals surface area (Å²) < 4.78 is 0. The maximum absolute atomic E-state index is 6.40. The topological polar surface area (TPSA) is 12.4 Å². The molecule has 0 N–H and O–H groups in total. The summed E-state index contributed by atoms with van der Waals surface area (Å²) in [6.45, 7) is 13.2. The highest BCUT2D eigenvalue weighted by atomic mass is 35.5. The Hall–Kier alpha value is -1.08. The molecule has 0 aromatic carbocycles. The van der Waals surface area contributed by atoms with Crippen LogP contribution in [0.2, 0.25) is 0 Å². The molecule has 0 saturated heterocycles. The van der Waals surface area contributed by atoms with Gasteiger partial charge in [0.25, 0.3) is 0 Å². The summed E-state index contributed by atoms with van der Waals surface area (Å²) >= 11 is 6.40. The molecule has 0 aromatic heterocycles. The molecule has 0 fully saturated rings. The quantitative estimate of drug-likeness (QED) is 0.383. The van der Waals surface area contributed by atoms with E-state index < -0.39 is 0 Å². The fourth-order valence-electron chi connectivity index (χ4n) is 4.13. The molecule has 0 amide bonds. The first-order valence-corrected chi connectivity index (χ1v) is 10.9. The summed E-state index contributed by atoms with van der Waals surface area (Å²) in [6, 6.07) is 0. The molecule has 0 aromatic rings. The number of rotatable bonds is 8. The van der Waals surface area contributed by atoms with Crippen LogP contribution < -0.4 is 0 Å². The van der Waals surface area contributed by atoms with Crippen LogP contribution in [0.1, 0.15) is 85.5 Å². The summed E-state index contributed by atoms with van der Waals surface area (Å²) in [4.78, 5) is 4.92. The lowest BCUT2D eigenvalue weighted by Crippen LogP contribution is -2.05. The van der Waals surface area contributed by atoms with Crippen molar-refractivity contribution in [1.82, 2.24) is 0 Å². The van der Waals surface area contributed by atoms with Gasteiger partial charge in [0.2, 0.25) is 0 Å². The Balaban J connectivity index is 2.63.